The number of benzene rings is 1. The van der Waals surface area contributed by atoms with Gasteiger partial charge in [0, 0.05) is 12.6 Å². The van der Waals surface area contributed by atoms with Gasteiger partial charge in [0.25, 0.3) is 10.0 Å². The van der Waals surface area contributed by atoms with Crippen molar-refractivity contribution in [1.29, 1.82) is 5.26 Å². The average molecular weight is 361 g/mol. The second-order valence-electron chi connectivity index (χ2n) is 5.22. The number of nitrogens with zero attached hydrogens (tertiary/aromatic N) is 1. The summed E-state index contributed by atoms with van der Waals surface area (Å²) in [7, 11) is -4.04. The normalized spacial score (nSPS) is 10.8. The van der Waals surface area contributed by atoms with E-state index in [2.05, 4.69) is 10.0 Å². The fraction of sp³-hybridized carbons (Fsp3) is 0.188. The minimum Gasteiger partial charge on any atom is -0.443 e. The Kier molecular flexibility index (Phi) is 4.94. The number of nitriles is 1. The Morgan fingerprint density at radius 3 is 2.24 bits per heavy atom. The third-order valence-corrected chi connectivity index (χ3v) is 4.61. The van der Waals surface area contributed by atoms with E-state index in [9.17, 15) is 23.3 Å². The lowest BCUT2D eigenvalue weighted by Crippen LogP contribution is -2.14. The molecule has 1 amide bonds. The van der Waals surface area contributed by atoms with Crippen LogP contribution in [0.15, 0.2) is 33.6 Å². The van der Waals surface area contributed by atoms with Gasteiger partial charge in [-0.3, -0.25) is 9.59 Å². The number of rotatable bonds is 5. The molecular weight excluding hydrogens is 346 g/mol. The molecule has 0 aliphatic heterocycles. The molecule has 0 aliphatic rings. The van der Waals surface area contributed by atoms with Gasteiger partial charge in [0.2, 0.25) is 11.8 Å². The van der Waals surface area contributed by atoms with Crippen LogP contribution in [0.5, 0.6) is 0 Å². The number of hydrogen-bond donors (Lipinski definition) is 2. The Balaban J connectivity index is 2.37. The molecule has 2 aromatic rings. The van der Waals surface area contributed by atoms with Crippen LogP contribution in [0.3, 0.4) is 0 Å². The Hall–Kier alpha value is -3.12. The van der Waals surface area contributed by atoms with Crippen LogP contribution in [-0.2, 0) is 14.8 Å². The van der Waals surface area contributed by atoms with Crippen molar-refractivity contribution in [2.45, 2.75) is 25.7 Å². The van der Waals surface area contributed by atoms with E-state index in [0.29, 0.717) is 5.69 Å². The highest BCUT2D eigenvalue weighted by molar-refractivity contribution is 7.92. The number of aryl methyl sites for hydroxylation is 1. The van der Waals surface area contributed by atoms with Gasteiger partial charge in [-0.25, -0.2) is 13.1 Å². The molecule has 0 radical (unpaired) electrons. The number of carbonyl (C=O) groups excluding carboxylic acids is 2. The Labute approximate surface area is 144 Å². The Morgan fingerprint density at radius 2 is 1.76 bits per heavy atom. The van der Waals surface area contributed by atoms with Crippen LogP contribution in [0, 0.1) is 18.3 Å². The van der Waals surface area contributed by atoms with Crippen LogP contribution in [0.25, 0.3) is 0 Å². The minimum atomic E-state index is -4.04. The minimum absolute atomic E-state index is 0.0428. The zero-order valence-corrected chi connectivity index (χ0v) is 14.5. The second kappa shape index (κ2) is 6.78. The molecule has 2 rings (SSSR count). The number of ketones is 1. The van der Waals surface area contributed by atoms with Crippen molar-refractivity contribution in [2.75, 3.05) is 10.0 Å². The topological polar surface area (TPSA) is 129 Å². The van der Waals surface area contributed by atoms with Gasteiger partial charge < -0.3 is 9.73 Å². The molecule has 2 N–H and O–H groups in total. The zero-order valence-electron chi connectivity index (χ0n) is 13.7. The van der Waals surface area contributed by atoms with E-state index in [-0.39, 0.29) is 33.6 Å². The van der Waals surface area contributed by atoms with Crippen molar-refractivity contribution in [3.8, 4) is 6.07 Å². The lowest BCUT2D eigenvalue weighted by Gasteiger charge is -2.07. The van der Waals surface area contributed by atoms with Gasteiger partial charge in [-0.15, -0.1) is 0 Å². The Bertz CT molecular complexity index is 982. The summed E-state index contributed by atoms with van der Waals surface area (Å²) >= 11 is 0. The van der Waals surface area contributed by atoms with Crippen molar-refractivity contribution in [1.82, 2.24) is 0 Å². The molecule has 9 heteroatoms. The number of nitrogens with one attached hydrogen (secondary N) is 2. The molecule has 25 heavy (non-hydrogen) atoms. The number of amides is 1. The quantitative estimate of drug-likeness (QED) is 0.787. The first-order valence-corrected chi connectivity index (χ1v) is 8.59. The fourth-order valence-electron chi connectivity index (χ4n) is 2.25. The summed E-state index contributed by atoms with van der Waals surface area (Å²) in [5, 5.41) is 11.7. The zero-order chi connectivity index (χ0) is 18.8. The van der Waals surface area contributed by atoms with Crippen LogP contribution in [0.2, 0.25) is 0 Å². The predicted molar refractivity (Wildman–Crippen MR) is 89.7 cm³/mol. The highest BCUT2D eigenvalue weighted by Gasteiger charge is 2.25. The van der Waals surface area contributed by atoms with Crippen LogP contribution in [-0.4, -0.2) is 20.1 Å². The standard InChI is InChI=1S/C16H15N3O5S/c1-9(20)15-10(2)24-16(14(15)8-17)19-25(22,23)13-6-4-12(5-7-13)18-11(3)21/h4-7,19H,1-3H3,(H,18,21). The molecule has 1 aromatic carbocycles. The summed E-state index contributed by atoms with van der Waals surface area (Å²) in [4.78, 5) is 22.5. The van der Waals surface area contributed by atoms with E-state index in [4.69, 9.17) is 4.42 Å². The molecule has 0 fully saturated rings. The summed E-state index contributed by atoms with van der Waals surface area (Å²) < 4.78 is 32.3. The maximum Gasteiger partial charge on any atom is 0.264 e. The molecule has 130 valence electrons. The van der Waals surface area contributed by atoms with Crippen molar-refractivity contribution in [3.63, 3.8) is 0 Å². The number of anilines is 2. The maximum atomic E-state index is 12.4. The van der Waals surface area contributed by atoms with Gasteiger partial charge in [0.15, 0.2) is 5.78 Å². The molecule has 0 unspecified atom stereocenters. The summed E-state index contributed by atoms with van der Waals surface area (Å²) in [5.41, 5.74) is 0.321. The van der Waals surface area contributed by atoms with Crippen molar-refractivity contribution >= 4 is 33.3 Å². The van der Waals surface area contributed by atoms with Gasteiger partial charge in [0.05, 0.1) is 10.5 Å². The maximum absolute atomic E-state index is 12.4. The van der Waals surface area contributed by atoms with Gasteiger partial charge >= 0.3 is 0 Å². The molecule has 0 aliphatic carbocycles. The SMILES string of the molecule is CC(=O)Nc1ccc(S(=O)(=O)Nc2oc(C)c(C(C)=O)c2C#N)cc1. The summed E-state index contributed by atoms with van der Waals surface area (Å²) in [6, 6.07) is 7.22. The highest BCUT2D eigenvalue weighted by atomic mass is 32.2. The average Bonchev–Trinajstić information content (AvgIpc) is 2.81. The predicted octanol–water partition coefficient (Wildman–Crippen LogP) is 2.42. The monoisotopic (exact) mass is 361 g/mol. The smallest absolute Gasteiger partial charge is 0.264 e. The molecule has 0 bridgehead atoms. The first kappa shape index (κ1) is 18.2. The molecule has 0 spiro atoms. The largest absolute Gasteiger partial charge is 0.443 e. The molecule has 1 heterocycles. The van der Waals surface area contributed by atoms with Crippen LogP contribution in [0.1, 0.15) is 35.5 Å². The number of furan rings is 1. The molecule has 1 aromatic heterocycles. The fourth-order valence-corrected chi connectivity index (χ4v) is 3.25. The van der Waals surface area contributed by atoms with E-state index >= 15 is 0 Å². The van der Waals surface area contributed by atoms with Crippen molar-refractivity contribution < 1.29 is 22.4 Å². The van der Waals surface area contributed by atoms with Crippen molar-refractivity contribution in [2.24, 2.45) is 0 Å². The van der Waals surface area contributed by atoms with E-state index in [1.165, 1.54) is 45.0 Å². The summed E-state index contributed by atoms with van der Waals surface area (Å²) in [6.45, 7) is 4.07. The molecule has 0 atom stereocenters. The number of hydrogen-bond acceptors (Lipinski definition) is 6. The van der Waals surface area contributed by atoms with Crippen molar-refractivity contribution in [3.05, 3.63) is 41.2 Å². The first-order chi connectivity index (χ1) is 11.7. The number of carbonyl (C=O) groups is 2. The number of sulfonamides is 1. The summed E-state index contributed by atoms with van der Waals surface area (Å²) in [6.07, 6.45) is 0. The molecule has 0 saturated heterocycles. The van der Waals surface area contributed by atoms with Gasteiger partial charge in [-0.1, -0.05) is 0 Å². The highest BCUT2D eigenvalue weighted by Crippen LogP contribution is 2.29. The van der Waals surface area contributed by atoms with E-state index in [1.54, 1.807) is 6.07 Å². The molecule has 8 nitrogen and oxygen atoms in total. The van der Waals surface area contributed by atoms with Crippen LogP contribution >= 0.6 is 0 Å². The first-order valence-electron chi connectivity index (χ1n) is 7.10. The summed E-state index contributed by atoms with van der Waals surface area (Å²) in [5.74, 6) is -0.836. The third-order valence-electron chi connectivity index (χ3n) is 3.26. The van der Waals surface area contributed by atoms with Gasteiger partial charge in [-0.05, 0) is 38.1 Å². The van der Waals surface area contributed by atoms with Gasteiger partial charge in [-0.2, -0.15) is 5.26 Å². The molecule has 0 saturated carbocycles. The molecular formula is C16H15N3O5S. The third kappa shape index (κ3) is 3.87. The lowest BCUT2D eigenvalue weighted by molar-refractivity contribution is -0.114. The van der Waals surface area contributed by atoms with Gasteiger partial charge in [0.1, 0.15) is 17.4 Å². The Morgan fingerprint density at radius 1 is 1.16 bits per heavy atom. The van der Waals surface area contributed by atoms with E-state index in [0.717, 1.165) is 0 Å². The number of Topliss-reactive ketones (excluding diaryl/α,β-unsaturated/α-hetero) is 1. The second-order valence-corrected chi connectivity index (χ2v) is 6.90. The van der Waals surface area contributed by atoms with E-state index < -0.39 is 15.8 Å². The lowest BCUT2D eigenvalue weighted by atomic mass is 10.1. The van der Waals surface area contributed by atoms with Crippen LogP contribution in [0.4, 0.5) is 11.6 Å². The van der Waals surface area contributed by atoms with E-state index in [1.807, 2.05) is 0 Å². The van der Waals surface area contributed by atoms with Crippen LogP contribution < -0.4 is 10.0 Å².